The molecule has 7 nitrogen and oxygen atoms in total. The van der Waals surface area contributed by atoms with Gasteiger partial charge in [0.2, 0.25) is 0 Å². The van der Waals surface area contributed by atoms with Crippen molar-refractivity contribution >= 4 is 17.7 Å². The molecule has 4 atom stereocenters. The third kappa shape index (κ3) is 2.72. The van der Waals surface area contributed by atoms with Gasteiger partial charge in [-0.25, -0.2) is 0 Å². The van der Waals surface area contributed by atoms with Crippen molar-refractivity contribution in [3.63, 3.8) is 0 Å². The quantitative estimate of drug-likeness (QED) is 0.817. The highest BCUT2D eigenvalue weighted by Gasteiger charge is 2.62. The number of fused-ring (bicyclic) bond motifs is 5. The summed E-state index contributed by atoms with van der Waals surface area (Å²) in [6, 6.07) is 6.81. The summed E-state index contributed by atoms with van der Waals surface area (Å²) in [7, 11) is 0. The summed E-state index contributed by atoms with van der Waals surface area (Å²) in [5, 5.41) is 0.897. The minimum absolute atomic E-state index is 0.189. The molecule has 1 N–H and O–H groups in total. The van der Waals surface area contributed by atoms with Crippen LogP contribution in [0.5, 0.6) is 5.75 Å². The minimum atomic E-state index is -0.475. The van der Waals surface area contributed by atoms with Crippen molar-refractivity contribution in [2.75, 3.05) is 0 Å². The Balaban J connectivity index is 1.25. The SMILES string of the molecule is O=C(NN1C(=O)[C@@H]2[C@@H](C1=O)[C@H]1CC[C@H]2O1)c1ccc(OC2CCCC2)cc1. The number of ether oxygens (including phenoxy) is 2. The molecule has 1 saturated carbocycles. The Morgan fingerprint density at radius 2 is 1.56 bits per heavy atom. The van der Waals surface area contributed by atoms with E-state index in [4.69, 9.17) is 9.47 Å². The average molecular weight is 370 g/mol. The van der Waals surface area contributed by atoms with Crippen molar-refractivity contribution in [2.45, 2.75) is 56.8 Å². The van der Waals surface area contributed by atoms with Crippen LogP contribution in [0.15, 0.2) is 24.3 Å². The average Bonchev–Trinajstić information content (AvgIpc) is 3.45. The molecule has 27 heavy (non-hydrogen) atoms. The maximum absolute atomic E-state index is 12.6. The maximum Gasteiger partial charge on any atom is 0.270 e. The zero-order chi connectivity index (χ0) is 18.5. The molecule has 7 heteroatoms. The molecule has 0 spiro atoms. The number of hydrogen-bond acceptors (Lipinski definition) is 5. The molecule has 1 aromatic carbocycles. The minimum Gasteiger partial charge on any atom is -0.490 e. The molecule has 3 heterocycles. The summed E-state index contributed by atoms with van der Waals surface area (Å²) in [5.41, 5.74) is 2.86. The number of imide groups is 1. The first-order valence-electron chi connectivity index (χ1n) is 9.73. The lowest BCUT2D eigenvalue weighted by atomic mass is 9.81. The summed E-state index contributed by atoms with van der Waals surface area (Å²) in [5.74, 6) is -1.34. The molecule has 0 unspecified atom stereocenters. The number of carbonyl (C=O) groups excluding carboxylic acids is 3. The van der Waals surface area contributed by atoms with E-state index in [1.807, 2.05) is 0 Å². The number of nitrogens with one attached hydrogen (secondary N) is 1. The van der Waals surface area contributed by atoms with Crippen molar-refractivity contribution in [1.29, 1.82) is 0 Å². The lowest BCUT2D eigenvalue weighted by molar-refractivity contribution is -0.145. The van der Waals surface area contributed by atoms with Gasteiger partial charge < -0.3 is 9.47 Å². The Morgan fingerprint density at radius 1 is 0.963 bits per heavy atom. The van der Waals surface area contributed by atoms with Crippen molar-refractivity contribution in [3.8, 4) is 5.75 Å². The first-order chi connectivity index (χ1) is 13.1. The molecule has 2 bridgehead atoms. The molecule has 1 aromatic rings. The molecule has 4 aliphatic rings. The Kier molecular flexibility index (Phi) is 3.93. The smallest absolute Gasteiger partial charge is 0.270 e. The Bertz CT molecular complexity index is 758. The Morgan fingerprint density at radius 3 is 2.15 bits per heavy atom. The van der Waals surface area contributed by atoms with Gasteiger partial charge in [-0.15, -0.1) is 0 Å². The van der Waals surface area contributed by atoms with Gasteiger partial charge in [0.25, 0.3) is 17.7 Å². The number of carbonyl (C=O) groups is 3. The van der Waals surface area contributed by atoms with Gasteiger partial charge in [0.05, 0.1) is 30.1 Å². The van der Waals surface area contributed by atoms with Crippen molar-refractivity contribution < 1.29 is 23.9 Å². The number of hydrogen-bond donors (Lipinski definition) is 1. The Labute approximate surface area is 157 Å². The van der Waals surface area contributed by atoms with Crippen LogP contribution in [0, 0.1) is 11.8 Å². The number of amides is 3. The lowest BCUT2D eigenvalue weighted by Gasteiger charge is -2.18. The summed E-state index contributed by atoms with van der Waals surface area (Å²) in [6.07, 6.45) is 5.99. The molecule has 0 radical (unpaired) electrons. The molecular formula is C20H22N2O5. The van der Waals surface area contributed by atoms with E-state index in [-0.39, 0.29) is 30.1 Å². The lowest BCUT2D eigenvalue weighted by Crippen LogP contribution is -2.47. The van der Waals surface area contributed by atoms with Gasteiger partial charge in [0, 0.05) is 5.56 Å². The van der Waals surface area contributed by atoms with Crippen LogP contribution in [0.1, 0.15) is 48.9 Å². The van der Waals surface area contributed by atoms with E-state index in [2.05, 4.69) is 5.43 Å². The Hall–Kier alpha value is -2.41. The third-order valence-corrected chi connectivity index (χ3v) is 6.22. The fourth-order valence-corrected chi connectivity index (χ4v) is 4.87. The topological polar surface area (TPSA) is 84.9 Å². The van der Waals surface area contributed by atoms with Gasteiger partial charge in [-0.05, 0) is 62.8 Å². The normalized spacial score (nSPS) is 32.2. The summed E-state index contributed by atoms with van der Waals surface area (Å²) in [6.45, 7) is 0. The van der Waals surface area contributed by atoms with Crippen molar-refractivity contribution in [1.82, 2.24) is 10.4 Å². The predicted molar refractivity (Wildman–Crippen MR) is 93.5 cm³/mol. The molecule has 5 rings (SSSR count). The van der Waals surface area contributed by atoms with E-state index in [9.17, 15) is 14.4 Å². The van der Waals surface area contributed by atoms with Gasteiger partial charge in [-0.2, -0.15) is 5.01 Å². The van der Waals surface area contributed by atoms with Gasteiger partial charge in [-0.3, -0.25) is 19.8 Å². The highest BCUT2D eigenvalue weighted by Crippen LogP contribution is 2.48. The summed E-state index contributed by atoms with van der Waals surface area (Å²) >= 11 is 0. The van der Waals surface area contributed by atoms with Gasteiger partial charge in [-0.1, -0.05) is 0 Å². The van der Waals surface area contributed by atoms with E-state index >= 15 is 0 Å². The van der Waals surface area contributed by atoms with Crippen LogP contribution in [0.3, 0.4) is 0 Å². The van der Waals surface area contributed by atoms with Gasteiger partial charge in [0.1, 0.15) is 5.75 Å². The van der Waals surface area contributed by atoms with E-state index in [1.165, 1.54) is 12.8 Å². The molecule has 3 aliphatic heterocycles. The third-order valence-electron chi connectivity index (χ3n) is 6.22. The van der Waals surface area contributed by atoms with Crippen molar-refractivity contribution in [2.24, 2.45) is 11.8 Å². The van der Waals surface area contributed by atoms with Crippen LogP contribution in [0.25, 0.3) is 0 Å². The predicted octanol–water partition coefficient (Wildman–Crippen LogP) is 1.82. The van der Waals surface area contributed by atoms with Crippen LogP contribution >= 0.6 is 0 Å². The standard InChI is InChI=1S/C20H22N2O5/c23-18(11-5-7-13(8-6-11)26-12-3-1-2-4-12)21-22-19(24)16-14-9-10-15(27-14)17(16)20(22)25/h5-8,12,14-17H,1-4,9-10H2,(H,21,23)/t14-,15-,16+,17+/m1/s1. The fraction of sp³-hybridized carbons (Fsp3) is 0.550. The number of nitrogens with zero attached hydrogens (tertiary/aromatic N) is 1. The molecule has 142 valence electrons. The largest absolute Gasteiger partial charge is 0.490 e. The van der Waals surface area contributed by atoms with E-state index < -0.39 is 17.7 Å². The van der Waals surface area contributed by atoms with Crippen LogP contribution in [-0.4, -0.2) is 41.0 Å². The molecule has 1 aliphatic carbocycles. The first kappa shape index (κ1) is 16.7. The van der Waals surface area contributed by atoms with Crippen LogP contribution in [0.4, 0.5) is 0 Å². The van der Waals surface area contributed by atoms with Gasteiger partial charge >= 0.3 is 0 Å². The molecule has 3 amide bonds. The van der Waals surface area contributed by atoms with Gasteiger partial charge in [0.15, 0.2) is 0 Å². The van der Waals surface area contributed by atoms with Crippen molar-refractivity contribution in [3.05, 3.63) is 29.8 Å². The zero-order valence-electron chi connectivity index (χ0n) is 14.9. The number of benzene rings is 1. The number of rotatable bonds is 4. The molecule has 4 fully saturated rings. The van der Waals surface area contributed by atoms with Crippen LogP contribution in [0.2, 0.25) is 0 Å². The highest BCUT2D eigenvalue weighted by molar-refractivity contribution is 6.08. The van der Waals surface area contributed by atoms with E-state index in [0.29, 0.717) is 5.56 Å². The maximum atomic E-state index is 12.6. The highest BCUT2D eigenvalue weighted by atomic mass is 16.5. The molecule has 0 aromatic heterocycles. The second kappa shape index (κ2) is 6.34. The first-order valence-corrected chi connectivity index (χ1v) is 9.73. The van der Waals surface area contributed by atoms with Crippen LogP contribution in [-0.2, 0) is 14.3 Å². The number of hydrazine groups is 1. The summed E-state index contributed by atoms with van der Waals surface area (Å²) < 4.78 is 11.6. The zero-order valence-corrected chi connectivity index (χ0v) is 14.9. The second-order valence-electron chi connectivity index (χ2n) is 7.84. The molecule has 3 saturated heterocycles. The summed E-state index contributed by atoms with van der Waals surface area (Å²) in [4.78, 5) is 37.7. The monoisotopic (exact) mass is 370 g/mol. The van der Waals surface area contributed by atoms with Crippen LogP contribution < -0.4 is 10.2 Å². The fourth-order valence-electron chi connectivity index (χ4n) is 4.87. The second-order valence-corrected chi connectivity index (χ2v) is 7.84. The molecular weight excluding hydrogens is 348 g/mol. The van der Waals surface area contributed by atoms with E-state index in [1.54, 1.807) is 24.3 Å². The van der Waals surface area contributed by atoms with E-state index in [0.717, 1.165) is 36.4 Å².